The topological polar surface area (TPSA) is 108 Å². The summed E-state index contributed by atoms with van der Waals surface area (Å²) in [6, 6.07) is 6.09. The zero-order valence-electron chi connectivity index (χ0n) is 20.8. The van der Waals surface area contributed by atoms with Crippen molar-refractivity contribution in [2.45, 2.75) is 75.0 Å². The molecule has 6 atom stereocenters. The predicted molar refractivity (Wildman–Crippen MR) is 136 cm³/mol. The van der Waals surface area contributed by atoms with Gasteiger partial charge in [-0.2, -0.15) is 0 Å². The van der Waals surface area contributed by atoms with Gasteiger partial charge in [0.05, 0.1) is 35.8 Å². The van der Waals surface area contributed by atoms with Crippen molar-refractivity contribution in [1.82, 2.24) is 10.2 Å². The molecule has 9 heteroatoms. The smallest absolute Gasteiger partial charge is 0.244 e. The molecule has 3 heterocycles. The molecular weight excluding hydrogens is 466 g/mol. The molecule has 0 saturated carbocycles. The number of carbonyl (C=O) groups is 3. The van der Waals surface area contributed by atoms with Gasteiger partial charge in [0.2, 0.25) is 17.7 Å². The van der Waals surface area contributed by atoms with Gasteiger partial charge in [0.1, 0.15) is 11.8 Å². The van der Waals surface area contributed by atoms with Gasteiger partial charge in [-0.3, -0.25) is 14.4 Å². The third-order valence-electron chi connectivity index (χ3n) is 7.63. The summed E-state index contributed by atoms with van der Waals surface area (Å²) in [6.07, 6.45) is 3.87. The van der Waals surface area contributed by atoms with Crippen molar-refractivity contribution in [3.63, 3.8) is 0 Å². The standard InChI is InChI=1S/C26H37N3O5S/c1-4-7-14-27-24(32)22-26-13-12-19(35-26)20(21(26)25(33)29(22)17(5-2)15-30)23(31)28-16-8-10-18(11-9-16)34-6-3/h8-11,17,19-22,30H,4-7,12-15H2,1-3H3,(H,27,32)(H,28,31)/t17-,19+,20-,21-,22?,26?/m0/s1. The summed E-state index contributed by atoms with van der Waals surface area (Å²) in [4.78, 5) is 42.5. The number of nitrogens with one attached hydrogen (secondary N) is 2. The largest absolute Gasteiger partial charge is 0.494 e. The zero-order valence-corrected chi connectivity index (χ0v) is 21.6. The SMILES string of the molecule is CCCCNC(=O)C1N([C@@H](CC)CO)C(=O)[C@@H]2[C@@H](C(=O)Nc3ccc(OCC)cc3)[C@H]3CCC12S3. The van der Waals surface area contributed by atoms with Crippen molar-refractivity contribution < 1.29 is 24.2 Å². The lowest BCUT2D eigenvalue weighted by atomic mass is 9.70. The molecule has 3 saturated heterocycles. The van der Waals surface area contributed by atoms with Gasteiger partial charge in [0.25, 0.3) is 0 Å². The first-order valence-corrected chi connectivity index (χ1v) is 13.7. The fourth-order valence-corrected chi connectivity index (χ4v) is 8.22. The fraction of sp³-hybridized carbons (Fsp3) is 0.654. The molecule has 3 amide bonds. The highest BCUT2D eigenvalue weighted by Gasteiger charge is 2.74. The van der Waals surface area contributed by atoms with Crippen molar-refractivity contribution in [3.8, 4) is 5.75 Å². The first-order valence-electron chi connectivity index (χ1n) is 12.8. The number of anilines is 1. The number of hydrogen-bond acceptors (Lipinski definition) is 6. The molecule has 3 fully saturated rings. The van der Waals surface area contributed by atoms with Gasteiger partial charge in [-0.1, -0.05) is 20.3 Å². The van der Waals surface area contributed by atoms with Crippen LogP contribution in [-0.2, 0) is 14.4 Å². The molecule has 1 aromatic carbocycles. The van der Waals surface area contributed by atoms with Gasteiger partial charge in [-0.25, -0.2) is 0 Å². The lowest BCUT2D eigenvalue weighted by Gasteiger charge is -2.36. The number of nitrogens with zero attached hydrogens (tertiary/aromatic N) is 1. The number of aliphatic hydroxyl groups excluding tert-OH is 1. The van der Waals surface area contributed by atoms with E-state index in [0.29, 0.717) is 25.3 Å². The molecule has 2 bridgehead atoms. The van der Waals surface area contributed by atoms with Gasteiger partial charge in [0.15, 0.2) is 0 Å². The minimum absolute atomic E-state index is 0.00561. The summed E-state index contributed by atoms with van der Waals surface area (Å²) < 4.78 is 4.84. The second-order valence-electron chi connectivity index (χ2n) is 9.64. The Kier molecular flexibility index (Phi) is 7.96. The monoisotopic (exact) mass is 503 g/mol. The fourth-order valence-electron chi connectivity index (χ4n) is 6.01. The second-order valence-corrected chi connectivity index (χ2v) is 11.2. The molecule has 2 unspecified atom stereocenters. The van der Waals surface area contributed by atoms with Crippen LogP contribution in [0.1, 0.15) is 52.9 Å². The molecule has 0 radical (unpaired) electrons. The van der Waals surface area contributed by atoms with E-state index >= 15 is 0 Å². The lowest BCUT2D eigenvalue weighted by Crippen LogP contribution is -2.56. The van der Waals surface area contributed by atoms with Crippen molar-refractivity contribution >= 4 is 35.2 Å². The molecule has 8 nitrogen and oxygen atoms in total. The molecule has 1 spiro atoms. The number of ether oxygens (including phenoxy) is 1. The Morgan fingerprint density at radius 1 is 1.23 bits per heavy atom. The summed E-state index contributed by atoms with van der Waals surface area (Å²) >= 11 is 1.64. The number of hydrogen-bond donors (Lipinski definition) is 3. The number of amides is 3. The number of thioether (sulfide) groups is 1. The molecule has 0 aliphatic carbocycles. The van der Waals surface area contributed by atoms with E-state index < -0.39 is 28.7 Å². The summed E-state index contributed by atoms with van der Waals surface area (Å²) in [7, 11) is 0. The van der Waals surface area contributed by atoms with Crippen molar-refractivity contribution in [1.29, 1.82) is 0 Å². The molecule has 3 N–H and O–H groups in total. The average Bonchev–Trinajstić information content (AvgIpc) is 3.49. The summed E-state index contributed by atoms with van der Waals surface area (Å²) in [5, 5.41) is 16.1. The first kappa shape index (κ1) is 25.8. The Balaban J connectivity index is 1.61. The maximum absolute atomic E-state index is 13.9. The van der Waals surface area contributed by atoms with E-state index in [-0.39, 0.29) is 29.6 Å². The number of carbonyl (C=O) groups excluding carboxylic acids is 3. The highest BCUT2D eigenvalue weighted by molar-refractivity contribution is 8.02. The normalized spacial score (nSPS) is 29.7. The average molecular weight is 504 g/mol. The Hall–Kier alpha value is -2.26. The number of likely N-dealkylation sites (tertiary alicyclic amines) is 1. The van der Waals surface area contributed by atoms with Crippen molar-refractivity contribution in [2.24, 2.45) is 11.8 Å². The number of benzene rings is 1. The van der Waals surface area contributed by atoms with Crippen LogP contribution in [0.25, 0.3) is 0 Å². The predicted octanol–water partition coefficient (Wildman–Crippen LogP) is 2.80. The van der Waals surface area contributed by atoms with Crippen LogP contribution < -0.4 is 15.4 Å². The Bertz CT molecular complexity index is 937. The molecule has 4 rings (SSSR count). The van der Waals surface area contributed by atoms with Gasteiger partial charge in [-0.05, 0) is 56.9 Å². The van der Waals surface area contributed by atoms with E-state index in [1.54, 1.807) is 28.8 Å². The number of rotatable bonds is 11. The third kappa shape index (κ3) is 4.53. The quantitative estimate of drug-likeness (QED) is 0.401. The van der Waals surface area contributed by atoms with Crippen molar-refractivity contribution in [3.05, 3.63) is 24.3 Å². The molecule has 1 aromatic rings. The summed E-state index contributed by atoms with van der Waals surface area (Å²) in [6.45, 7) is 6.80. The van der Waals surface area contributed by atoms with Gasteiger partial charge in [-0.15, -0.1) is 11.8 Å². The van der Waals surface area contributed by atoms with E-state index in [1.165, 1.54) is 0 Å². The van der Waals surface area contributed by atoms with Crippen LogP contribution in [0.4, 0.5) is 5.69 Å². The first-order chi connectivity index (χ1) is 16.9. The molecule has 35 heavy (non-hydrogen) atoms. The summed E-state index contributed by atoms with van der Waals surface area (Å²) in [5.41, 5.74) is 0.651. The van der Waals surface area contributed by atoms with Crippen LogP contribution in [-0.4, -0.2) is 69.6 Å². The van der Waals surface area contributed by atoms with E-state index in [2.05, 4.69) is 17.6 Å². The minimum Gasteiger partial charge on any atom is -0.494 e. The van der Waals surface area contributed by atoms with Crippen LogP contribution in [0.15, 0.2) is 24.3 Å². The zero-order chi connectivity index (χ0) is 25.2. The number of fused-ring (bicyclic) bond motifs is 1. The van der Waals surface area contributed by atoms with Gasteiger partial charge >= 0.3 is 0 Å². The van der Waals surface area contributed by atoms with Crippen LogP contribution in [0.5, 0.6) is 5.75 Å². The second kappa shape index (κ2) is 10.8. The van der Waals surface area contributed by atoms with E-state index in [0.717, 1.165) is 31.4 Å². The molecular formula is C26H37N3O5S. The van der Waals surface area contributed by atoms with Gasteiger partial charge in [0, 0.05) is 17.5 Å². The number of unbranched alkanes of at least 4 members (excludes halogenated alkanes) is 1. The Morgan fingerprint density at radius 3 is 2.60 bits per heavy atom. The highest BCUT2D eigenvalue weighted by atomic mass is 32.2. The third-order valence-corrected chi connectivity index (χ3v) is 9.58. The van der Waals surface area contributed by atoms with Crippen LogP contribution >= 0.6 is 11.8 Å². The highest BCUT2D eigenvalue weighted by Crippen LogP contribution is 2.66. The molecule has 192 valence electrons. The van der Waals surface area contributed by atoms with E-state index in [9.17, 15) is 19.5 Å². The van der Waals surface area contributed by atoms with Crippen LogP contribution in [0, 0.1) is 11.8 Å². The molecule has 3 aliphatic rings. The Morgan fingerprint density at radius 2 is 1.97 bits per heavy atom. The number of aliphatic hydroxyl groups is 1. The van der Waals surface area contributed by atoms with Crippen molar-refractivity contribution in [2.75, 3.05) is 25.1 Å². The van der Waals surface area contributed by atoms with E-state index in [1.807, 2.05) is 26.0 Å². The maximum atomic E-state index is 13.9. The van der Waals surface area contributed by atoms with Crippen LogP contribution in [0.3, 0.4) is 0 Å². The lowest BCUT2D eigenvalue weighted by molar-refractivity contribution is -0.142. The maximum Gasteiger partial charge on any atom is 0.244 e. The molecule has 3 aliphatic heterocycles. The minimum atomic E-state index is -0.674. The van der Waals surface area contributed by atoms with E-state index in [4.69, 9.17) is 4.74 Å². The Labute approximate surface area is 211 Å². The molecule has 0 aromatic heterocycles. The van der Waals surface area contributed by atoms with Gasteiger partial charge < -0.3 is 25.4 Å². The van der Waals surface area contributed by atoms with Crippen LogP contribution in [0.2, 0.25) is 0 Å². The summed E-state index contributed by atoms with van der Waals surface area (Å²) in [5.74, 6) is -0.884.